The van der Waals surface area contributed by atoms with E-state index < -0.39 is 0 Å². The van der Waals surface area contributed by atoms with Crippen molar-refractivity contribution in [1.82, 2.24) is 4.90 Å². The van der Waals surface area contributed by atoms with E-state index in [2.05, 4.69) is 48.2 Å². The van der Waals surface area contributed by atoms with Crippen molar-refractivity contribution in [2.75, 3.05) is 7.05 Å². The summed E-state index contributed by atoms with van der Waals surface area (Å²) in [5.74, 6) is -0.163. The van der Waals surface area contributed by atoms with Crippen LogP contribution in [-0.2, 0) is 13.1 Å². The van der Waals surface area contributed by atoms with Crippen LogP contribution in [0.4, 0.5) is 4.39 Å². The van der Waals surface area contributed by atoms with Crippen LogP contribution in [0.25, 0.3) is 0 Å². The molecule has 0 amide bonds. The maximum absolute atomic E-state index is 13.7. The summed E-state index contributed by atoms with van der Waals surface area (Å²) in [4.78, 5) is 3.37. The summed E-state index contributed by atoms with van der Waals surface area (Å²) < 4.78 is 15.6. The molecule has 0 aliphatic carbocycles. The Balaban J connectivity index is 2.00. The molecule has 0 spiro atoms. The van der Waals surface area contributed by atoms with Crippen LogP contribution >= 0.6 is 43.2 Å². The van der Waals surface area contributed by atoms with Gasteiger partial charge in [-0.25, -0.2) is 4.39 Å². The third-order valence-corrected chi connectivity index (χ3v) is 4.68. The van der Waals surface area contributed by atoms with E-state index in [1.165, 1.54) is 10.9 Å². The number of hydrogen-bond donors (Lipinski definition) is 0. The van der Waals surface area contributed by atoms with Crippen molar-refractivity contribution in [2.45, 2.75) is 13.1 Å². The molecule has 0 unspecified atom stereocenters. The van der Waals surface area contributed by atoms with Gasteiger partial charge < -0.3 is 0 Å². The molecule has 2 aromatic rings. The molecule has 0 bridgehead atoms. The molecule has 1 nitrogen and oxygen atoms in total. The predicted octanol–water partition coefficient (Wildman–Crippen LogP) is 5.04. The highest BCUT2D eigenvalue weighted by Crippen LogP contribution is 2.22. The van der Waals surface area contributed by atoms with Gasteiger partial charge in [-0.3, -0.25) is 4.90 Å². The molecule has 18 heavy (non-hydrogen) atoms. The zero-order chi connectivity index (χ0) is 13.1. The minimum Gasteiger partial charge on any atom is -0.297 e. The van der Waals surface area contributed by atoms with Gasteiger partial charge in [0.15, 0.2) is 0 Å². The smallest absolute Gasteiger partial charge is 0.128 e. The molecule has 0 saturated carbocycles. The molecule has 0 atom stereocenters. The molecule has 0 saturated heterocycles. The zero-order valence-electron chi connectivity index (χ0n) is 9.79. The van der Waals surface area contributed by atoms with E-state index in [9.17, 15) is 4.39 Å². The van der Waals surface area contributed by atoms with Crippen molar-refractivity contribution in [2.24, 2.45) is 0 Å². The summed E-state index contributed by atoms with van der Waals surface area (Å²) in [6.07, 6.45) is 0. The molecule has 5 heteroatoms. The summed E-state index contributed by atoms with van der Waals surface area (Å²) >= 11 is 8.40. The van der Waals surface area contributed by atoms with Gasteiger partial charge in [-0.2, -0.15) is 0 Å². The molecule has 0 aliphatic heterocycles. The van der Waals surface area contributed by atoms with E-state index >= 15 is 0 Å². The van der Waals surface area contributed by atoms with Crippen LogP contribution in [0.3, 0.4) is 0 Å². The van der Waals surface area contributed by atoms with Crippen LogP contribution in [0.15, 0.2) is 38.6 Å². The van der Waals surface area contributed by atoms with Gasteiger partial charge in [0, 0.05) is 37.9 Å². The van der Waals surface area contributed by atoms with Gasteiger partial charge in [-0.1, -0.05) is 22.0 Å². The van der Waals surface area contributed by atoms with Gasteiger partial charge in [-0.15, -0.1) is 11.3 Å². The Kier molecular flexibility index (Phi) is 4.95. The van der Waals surface area contributed by atoms with E-state index in [-0.39, 0.29) is 5.82 Å². The van der Waals surface area contributed by atoms with E-state index in [0.717, 1.165) is 21.1 Å². The van der Waals surface area contributed by atoms with Gasteiger partial charge >= 0.3 is 0 Å². The quantitative estimate of drug-likeness (QED) is 0.704. The number of hydrogen-bond acceptors (Lipinski definition) is 2. The van der Waals surface area contributed by atoms with E-state index in [4.69, 9.17) is 0 Å². The second kappa shape index (κ2) is 6.28. The topological polar surface area (TPSA) is 3.24 Å². The monoisotopic (exact) mass is 391 g/mol. The minimum absolute atomic E-state index is 0.163. The fourth-order valence-corrected chi connectivity index (χ4v) is 3.56. The molecule has 0 fully saturated rings. The Morgan fingerprint density at radius 3 is 2.56 bits per heavy atom. The third-order valence-electron chi connectivity index (χ3n) is 2.50. The lowest BCUT2D eigenvalue weighted by atomic mass is 10.2. The first-order valence-electron chi connectivity index (χ1n) is 5.40. The normalized spacial score (nSPS) is 11.2. The Bertz CT molecular complexity index is 542. The highest BCUT2D eigenvalue weighted by Gasteiger charge is 2.08. The van der Waals surface area contributed by atoms with Crippen molar-refractivity contribution >= 4 is 43.2 Å². The zero-order valence-corrected chi connectivity index (χ0v) is 13.8. The molecule has 0 aliphatic rings. The average molecular weight is 393 g/mol. The molecule has 2 rings (SSSR count). The maximum atomic E-state index is 13.7. The largest absolute Gasteiger partial charge is 0.297 e. The fourth-order valence-electron chi connectivity index (χ4n) is 1.70. The van der Waals surface area contributed by atoms with Crippen LogP contribution in [-0.4, -0.2) is 11.9 Å². The molecule has 96 valence electrons. The fraction of sp³-hybridized carbons (Fsp3) is 0.231. The molecular weight excluding hydrogens is 381 g/mol. The number of thiophene rings is 1. The van der Waals surface area contributed by atoms with E-state index in [0.29, 0.717) is 6.54 Å². The Labute approximate surface area is 127 Å². The van der Waals surface area contributed by atoms with Crippen molar-refractivity contribution in [3.8, 4) is 0 Å². The SMILES string of the molecule is CN(Cc1cc(Br)cs1)Cc1ccc(Br)cc1F. The van der Waals surface area contributed by atoms with E-state index in [1.807, 2.05) is 19.2 Å². The van der Waals surface area contributed by atoms with Crippen LogP contribution in [0, 0.1) is 5.82 Å². The molecule has 0 radical (unpaired) electrons. The highest BCUT2D eigenvalue weighted by molar-refractivity contribution is 9.10. The summed E-state index contributed by atoms with van der Waals surface area (Å²) in [5, 5.41) is 2.06. The van der Waals surface area contributed by atoms with Gasteiger partial charge in [0.1, 0.15) is 5.82 Å². The summed E-state index contributed by atoms with van der Waals surface area (Å²) in [7, 11) is 2.00. The van der Waals surface area contributed by atoms with Crippen LogP contribution in [0.2, 0.25) is 0 Å². The Morgan fingerprint density at radius 2 is 1.94 bits per heavy atom. The second-order valence-corrected chi connectivity index (χ2v) is 6.97. The maximum Gasteiger partial charge on any atom is 0.128 e. The summed E-state index contributed by atoms with van der Waals surface area (Å²) in [6.45, 7) is 1.43. The molecule has 0 N–H and O–H groups in total. The third kappa shape index (κ3) is 3.88. The number of rotatable bonds is 4. The van der Waals surface area contributed by atoms with Gasteiger partial charge in [0.2, 0.25) is 0 Å². The van der Waals surface area contributed by atoms with Gasteiger partial charge in [0.25, 0.3) is 0 Å². The first kappa shape index (κ1) is 14.2. The number of benzene rings is 1. The number of halogens is 3. The first-order chi connectivity index (χ1) is 8.54. The lowest BCUT2D eigenvalue weighted by Crippen LogP contribution is -2.17. The van der Waals surface area contributed by atoms with E-state index in [1.54, 1.807) is 11.3 Å². The summed E-state index contributed by atoms with van der Waals surface area (Å²) in [5.41, 5.74) is 0.719. The van der Waals surface area contributed by atoms with Crippen molar-refractivity contribution in [3.05, 3.63) is 54.8 Å². The van der Waals surface area contributed by atoms with Crippen LogP contribution in [0.5, 0.6) is 0 Å². The molecular formula is C13H12Br2FNS. The average Bonchev–Trinajstić information content (AvgIpc) is 2.68. The predicted molar refractivity (Wildman–Crippen MR) is 81.3 cm³/mol. The first-order valence-corrected chi connectivity index (χ1v) is 7.86. The van der Waals surface area contributed by atoms with Crippen molar-refractivity contribution in [1.29, 1.82) is 0 Å². The highest BCUT2D eigenvalue weighted by atomic mass is 79.9. The molecule has 1 heterocycles. The van der Waals surface area contributed by atoms with Gasteiger partial charge in [0.05, 0.1) is 0 Å². The minimum atomic E-state index is -0.163. The van der Waals surface area contributed by atoms with Crippen LogP contribution in [0.1, 0.15) is 10.4 Å². The van der Waals surface area contributed by atoms with Crippen LogP contribution < -0.4 is 0 Å². The van der Waals surface area contributed by atoms with Crippen molar-refractivity contribution < 1.29 is 4.39 Å². The van der Waals surface area contributed by atoms with Crippen molar-refractivity contribution in [3.63, 3.8) is 0 Å². The number of nitrogens with zero attached hydrogens (tertiary/aromatic N) is 1. The lowest BCUT2D eigenvalue weighted by Gasteiger charge is -2.16. The Morgan fingerprint density at radius 1 is 1.17 bits per heavy atom. The summed E-state index contributed by atoms with van der Waals surface area (Å²) in [6, 6.07) is 7.29. The second-order valence-electron chi connectivity index (χ2n) is 4.14. The Hall–Kier alpha value is -0.230. The van der Waals surface area contributed by atoms with Gasteiger partial charge in [-0.05, 0) is 41.2 Å². The molecule has 1 aromatic carbocycles. The standard InChI is InChI=1S/C13H12Br2FNS/c1-17(7-12-4-11(15)8-18-12)6-9-2-3-10(14)5-13(9)16/h2-5,8H,6-7H2,1H3. The lowest BCUT2D eigenvalue weighted by molar-refractivity contribution is 0.316. The molecule has 1 aromatic heterocycles.